The van der Waals surface area contributed by atoms with Crippen LogP contribution in [0.15, 0.2) is 33.7 Å². The van der Waals surface area contributed by atoms with Gasteiger partial charge in [-0.25, -0.2) is 0 Å². The Kier molecular flexibility index (Phi) is 3.08. The van der Waals surface area contributed by atoms with E-state index in [-0.39, 0.29) is 11.9 Å². The first-order chi connectivity index (χ1) is 5.97. The second-order valence-corrected chi connectivity index (χ2v) is 3.19. The molecule has 1 aromatic rings. The fraction of sp³-hybridized carbons (Fsp3) is 0.125. The lowest BCUT2D eigenvalue weighted by Crippen LogP contribution is -2.07. The van der Waals surface area contributed by atoms with Crippen LogP contribution in [0.1, 0.15) is 0 Å². The van der Waals surface area contributed by atoms with Gasteiger partial charge in [-0.05, 0) is 24.3 Å². The van der Waals surface area contributed by atoms with Crippen LogP contribution in [0.25, 0.3) is 0 Å². The molecule has 0 unspecified atom stereocenters. The van der Waals surface area contributed by atoms with Gasteiger partial charge in [0.15, 0.2) is 0 Å². The summed E-state index contributed by atoms with van der Waals surface area (Å²) >= 11 is 3.16. The Labute approximate surface area is 81.4 Å². The van der Waals surface area contributed by atoms with Crippen molar-refractivity contribution >= 4 is 27.8 Å². The van der Waals surface area contributed by atoms with Gasteiger partial charge in [0.2, 0.25) is 0 Å². The molecule has 0 saturated carbocycles. The predicted molar refractivity (Wildman–Crippen MR) is 48.3 cm³/mol. The molecule has 0 radical (unpaired) electrons. The molecule has 0 aliphatic rings. The first-order valence-electron chi connectivity index (χ1n) is 3.35. The molecular weight excluding hydrogens is 247 g/mol. The molecule has 0 fully saturated rings. The van der Waals surface area contributed by atoms with E-state index in [0.717, 1.165) is 4.47 Å². The number of alkyl halides is 3. The second kappa shape index (κ2) is 3.91. The largest absolute Gasteiger partial charge is 0.426 e. The molecule has 1 rings (SSSR count). The third-order valence-electron chi connectivity index (χ3n) is 1.19. The van der Waals surface area contributed by atoms with Gasteiger partial charge in [-0.15, -0.1) is 0 Å². The number of hydrogen-bond acceptors (Lipinski definition) is 1. The van der Waals surface area contributed by atoms with Gasteiger partial charge in [-0.3, -0.25) is 4.99 Å². The maximum Gasteiger partial charge on any atom is 0.426 e. The number of rotatable bonds is 1. The summed E-state index contributed by atoms with van der Waals surface area (Å²) in [6.45, 7) is 0. The van der Waals surface area contributed by atoms with Gasteiger partial charge in [0.1, 0.15) is 6.21 Å². The standard InChI is InChI=1S/C8H5BrF3N/c9-6-1-3-7(4-2-6)13-5-8(10,11)12/h1-5H. The van der Waals surface area contributed by atoms with Crippen molar-refractivity contribution in [3.8, 4) is 0 Å². The van der Waals surface area contributed by atoms with E-state index in [9.17, 15) is 13.2 Å². The Morgan fingerprint density at radius 3 is 2.15 bits per heavy atom. The molecule has 0 aliphatic carbocycles. The van der Waals surface area contributed by atoms with Gasteiger partial charge in [-0.2, -0.15) is 13.2 Å². The molecule has 0 amide bonds. The molecule has 5 heteroatoms. The van der Waals surface area contributed by atoms with Crippen molar-refractivity contribution in [2.75, 3.05) is 0 Å². The summed E-state index contributed by atoms with van der Waals surface area (Å²) in [5.74, 6) is 0. The number of aliphatic imine (C=N–C) groups is 1. The minimum Gasteiger partial charge on any atom is -0.252 e. The van der Waals surface area contributed by atoms with Crippen molar-refractivity contribution in [3.05, 3.63) is 28.7 Å². The van der Waals surface area contributed by atoms with Gasteiger partial charge >= 0.3 is 6.18 Å². The van der Waals surface area contributed by atoms with Crippen molar-refractivity contribution < 1.29 is 13.2 Å². The van der Waals surface area contributed by atoms with E-state index in [2.05, 4.69) is 20.9 Å². The van der Waals surface area contributed by atoms with Gasteiger partial charge < -0.3 is 0 Å². The molecule has 0 saturated heterocycles. The minimum absolute atomic E-state index is 0.0315. The summed E-state index contributed by atoms with van der Waals surface area (Å²) in [5, 5.41) is 0. The molecule has 0 heterocycles. The van der Waals surface area contributed by atoms with Crippen LogP contribution >= 0.6 is 15.9 Å². The fourth-order valence-electron chi connectivity index (χ4n) is 0.675. The zero-order valence-electron chi connectivity index (χ0n) is 6.35. The lowest BCUT2D eigenvalue weighted by molar-refractivity contribution is -0.0535. The fourth-order valence-corrected chi connectivity index (χ4v) is 0.939. The van der Waals surface area contributed by atoms with Gasteiger partial charge in [0.25, 0.3) is 0 Å². The average molecular weight is 252 g/mol. The molecule has 1 aromatic carbocycles. The van der Waals surface area contributed by atoms with Gasteiger partial charge in [-0.1, -0.05) is 15.9 Å². The van der Waals surface area contributed by atoms with Crippen LogP contribution in [-0.2, 0) is 0 Å². The first kappa shape index (κ1) is 10.2. The highest BCUT2D eigenvalue weighted by Crippen LogP contribution is 2.18. The number of halogens is 4. The van der Waals surface area contributed by atoms with Gasteiger partial charge in [0.05, 0.1) is 5.69 Å². The summed E-state index contributed by atoms with van der Waals surface area (Å²) in [5.41, 5.74) is 0.278. The third kappa shape index (κ3) is 4.07. The summed E-state index contributed by atoms with van der Waals surface area (Å²) in [6, 6.07) is 6.24. The Hall–Kier alpha value is -0.840. The predicted octanol–water partition coefficient (Wildman–Crippen LogP) is 3.71. The van der Waals surface area contributed by atoms with Crippen LogP contribution in [0.3, 0.4) is 0 Å². The second-order valence-electron chi connectivity index (χ2n) is 2.28. The van der Waals surface area contributed by atoms with E-state index in [4.69, 9.17) is 0 Å². The topological polar surface area (TPSA) is 12.4 Å². The van der Waals surface area contributed by atoms with E-state index in [1.807, 2.05) is 0 Å². The smallest absolute Gasteiger partial charge is 0.252 e. The molecule has 13 heavy (non-hydrogen) atoms. The van der Waals surface area contributed by atoms with E-state index in [1.54, 1.807) is 12.1 Å². The highest BCUT2D eigenvalue weighted by Gasteiger charge is 2.23. The molecule has 70 valence electrons. The molecule has 0 bridgehead atoms. The normalized spacial score (nSPS) is 12.3. The summed E-state index contributed by atoms with van der Waals surface area (Å²) in [4.78, 5) is 3.25. The maximum atomic E-state index is 11.7. The molecule has 1 nitrogen and oxygen atoms in total. The SMILES string of the molecule is FC(F)(F)C=Nc1ccc(Br)cc1. The Morgan fingerprint density at radius 2 is 1.69 bits per heavy atom. The third-order valence-corrected chi connectivity index (χ3v) is 1.72. The summed E-state index contributed by atoms with van der Waals surface area (Å²) < 4.78 is 35.8. The van der Waals surface area contributed by atoms with Crippen LogP contribution in [0.5, 0.6) is 0 Å². The Balaban J connectivity index is 2.75. The monoisotopic (exact) mass is 251 g/mol. The molecule has 0 aliphatic heterocycles. The van der Waals surface area contributed by atoms with E-state index >= 15 is 0 Å². The number of nitrogens with zero attached hydrogens (tertiary/aromatic N) is 1. The quantitative estimate of drug-likeness (QED) is 0.675. The van der Waals surface area contributed by atoms with Crippen molar-refractivity contribution in [2.24, 2.45) is 4.99 Å². The Bertz CT molecular complexity index is 302. The van der Waals surface area contributed by atoms with E-state index in [1.165, 1.54) is 12.1 Å². The highest BCUT2D eigenvalue weighted by atomic mass is 79.9. The van der Waals surface area contributed by atoms with Gasteiger partial charge in [0, 0.05) is 4.47 Å². The summed E-state index contributed by atoms with van der Waals surface area (Å²) in [6.07, 6.45) is -4.39. The molecule has 0 aromatic heterocycles. The lowest BCUT2D eigenvalue weighted by atomic mass is 10.3. The molecule has 0 N–H and O–H groups in total. The first-order valence-corrected chi connectivity index (χ1v) is 4.14. The molecule has 0 spiro atoms. The van der Waals surface area contributed by atoms with E-state index < -0.39 is 6.18 Å². The number of benzene rings is 1. The van der Waals surface area contributed by atoms with Crippen molar-refractivity contribution in [1.82, 2.24) is 0 Å². The highest BCUT2D eigenvalue weighted by molar-refractivity contribution is 9.10. The van der Waals surface area contributed by atoms with E-state index in [0.29, 0.717) is 0 Å². The Morgan fingerprint density at radius 1 is 1.15 bits per heavy atom. The van der Waals surface area contributed by atoms with Crippen molar-refractivity contribution in [3.63, 3.8) is 0 Å². The van der Waals surface area contributed by atoms with Crippen LogP contribution in [0.4, 0.5) is 18.9 Å². The maximum absolute atomic E-state index is 11.7. The zero-order chi connectivity index (χ0) is 9.90. The number of hydrogen-bond donors (Lipinski definition) is 0. The van der Waals surface area contributed by atoms with Crippen LogP contribution in [0.2, 0.25) is 0 Å². The van der Waals surface area contributed by atoms with Crippen LogP contribution in [-0.4, -0.2) is 12.4 Å². The average Bonchev–Trinajstić information content (AvgIpc) is 2.02. The zero-order valence-corrected chi connectivity index (χ0v) is 7.93. The van der Waals surface area contributed by atoms with Crippen LogP contribution in [0, 0.1) is 0 Å². The van der Waals surface area contributed by atoms with Crippen molar-refractivity contribution in [2.45, 2.75) is 6.18 Å². The minimum atomic E-state index is -4.35. The molecule has 0 atom stereocenters. The summed E-state index contributed by atoms with van der Waals surface area (Å²) in [7, 11) is 0. The van der Waals surface area contributed by atoms with Crippen LogP contribution < -0.4 is 0 Å². The lowest BCUT2D eigenvalue weighted by Gasteiger charge is -1.97. The van der Waals surface area contributed by atoms with Crippen molar-refractivity contribution in [1.29, 1.82) is 0 Å². The molecular formula is C8H5BrF3N.